The Morgan fingerprint density at radius 2 is 1.93 bits per heavy atom. The number of ether oxygens (including phenoxy) is 2. The van der Waals surface area contributed by atoms with Crippen LogP contribution in [0, 0.1) is 5.92 Å². The van der Waals surface area contributed by atoms with Crippen molar-refractivity contribution in [3.63, 3.8) is 0 Å². The number of methoxy groups -OCH3 is 1. The molecule has 0 radical (unpaired) electrons. The van der Waals surface area contributed by atoms with Gasteiger partial charge in [-0.05, 0) is 32.8 Å². The minimum atomic E-state index is -0.768. The lowest BCUT2D eigenvalue weighted by atomic mass is 9.94. The predicted octanol–water partition coefficient (Wildman–Crippen LogP) is 2.62. The van der Waals surface area contributed by atoms with Crippen LogP contribution in [0.2, 0.25) is 0 Å². The molecule has 1 heterocycles. The molecule has 6 nitrogen and oxygen atoms in total. The van der Waals surface area contributed by atoms with Gasteiger partial charge in [-0.15, -0.1) is 0 Å². The van der Waals surface area contributed by atoms with E-state index < -0.39 is 23.5 Å². The Bertz CT molecular complexity index is 711. The highest BCUT2D eigenvalue weighted by Gasteiger charge is 2.36. The van der Waals surface area contributed by atoms with Crippen molar-refractivity contribution < 1.29 is 19.1 Å². The minimum Gasteiger partial charge on any atom is -0.458 e. The number of hydrogen-bond acceptors (Lipinski definition) is 5. The first-order valence-corrected chi connectivity index (χ1v) is 10.1. The molecule has 1 aromatic carbocycles. The van der Waals surface area contributed by atoms with Crippen molar-refractivity contribution in [1.82, 2.24) is 10.6 Å². The van der Waals surface area contributed by atoms with Gasteiger partial charge in [-0.2, -0.15) is 0 Å². The van der Waals surface area contributed by atoms with E-state index in [0.717, 1.165) is 24.1 Å². The van der Waals surface area contributed by atoms with Gasteiger partial charge in [0.05, 0.1) is 12.0 Å². The monoisotopic (exact) mass is 402 g/mol. The van der Waals surface area contributed by atoms with Gasteiger partial charge in [-0.3, -0.25) is 4.79 Å². The normalized spacial score (nSPS) is 20.0. The number of nitrogens with one attached hydrogen (secondary N) is 2. The molecule has 2 N–H and O–H groups in total. The number of rotatable bonds is 8. The third kappa shape index (κ3) is 6.98. The second-order valence-electron chi connectivity index (χ2n) is 8.71. The Hall–Kier alpha value is -2.18. The molecule has 1 amide bonds. The summed E-state index contributed by atoms with van der Waals surface area (Å²) in [5.74, 6) is -1.12. The molecular weight excluding hydrogens is 368 g/mol. The third-order valence-electron chi connectivity index (χ3n) is 4.99. The lowest BCUT2D eigenvalue weighted by Crippen LogP contribution is -2.51. The minimum absolute atomic E-state index is 0.0300. The number of hydrogen-bond donors (Lipinski definition) is 2. The van der Waals surface area contributed by atoms with E-state index in [1.807, 2.05) is 58.0 Å². The first kappa shape index (κ1) is 23.1. The standard InChI is InChI=1S/C23H34N2O4/c1-15-12-18(24-14-15)20(28-6)16(2)21(26)25-19(22(27)29-23(3,4)5)13-17-10-8-7-9-11-17/h7-11,16,18-20,24H,1,12-14H2,2-6H3,(H,25,26)/t16-,18?,19?,20-/m1/s1. The van der Waals surface area contributed by atoms with Crippen LogP contribution >= 0.6 is 0 Å². The fourth-order valence-electron chi connectivity index (χ4n) is 3.55. The van der Waals surface area contributed by atoms with E-state index in [1.54, 1.807) is 7.11 Å². The number of esters is 1. The van der Waals surface area contributed by atoms with Crippen molar-refractivity contribution in [2.45, 2.75) is 64.3 Å². The molecule has 4 atom stereocenters. The van der Waals surface area contributed by atoms with Crippen LogP contribution in [0.5, 0.6) is 0 Å². The molecule has 0 spiro atoms. The van der Waals surface area contributed by atoms with Crippen LogP contribution in [0.4, 0.5) is 0 Å². The molecule has 1 fully saturated rings. The SMILES string of the molecule is C=C1CNC([C@H](OC)[C@@H](C)C(=O)NC(Cc2ccccc2)C(=O)OC(C)(C)C)C1. The Kier molecular flexibility index (Phi) is 7.99. The zero-order valence-corrected chi connectivity index (χ0v) is 18.2. The van der Waals surface area contributed by atoms with Crippen LogP contribution in [-0.4, -0.2) is 49.3 Å². The summed E-state index contributed by atoms with van der Waals surface area (Å²) in [7, 11) is 1.60. The van der Waals surface area contributed by atoms with Crippen LogP contribution < -0.4 is 10.6 Å². The molecule has 2 rings (SSSR count). The van der Waals surface area contributed by atoms with Crippen molar-refractivity contribution in [3.8, 4) is 0 Å². The highest BCUT2D eigenvalue weighted by Crippen LogP contribution is 2.22. The van der Waals surface area contributed by atoms with Gasteiger partial charge < -0.3 is 20.1 Å². The van der Waals surface area contributed by atoms with Gasteiger partial charge in [0.2, 0.25) is 5.91 Å². The van der Waals surface area contributed by atoms with E-state index in [2.05, 4.69) is 17.2 Å². The van der Waals surface area contributed by atoms with E-state index in [-0.39, 0.29) is 18.1 Å². The maximum Gasteiger partial charge on any atom is 0.329 e. The fraction of sp³-hybridized carbons (Fsp3) is 0.565. The molecule has 1 aliphatic heterocycles. The molecule has 0 aliphatic carbocycles. The summed E-state index contributed by atoms with van der Waals surface area (Å²) in [6, 6.07) is 8.85. The molecular formula is C23H34N2O4. The molecule has 1 aliphatic rings. The molecule has 0 bridgehead atoms. The average Bonchev–Trinajstić information content (AvgIpc) is 3.07. The summed E-state index contributed by atoms with van der Waals surface area (Å²) in [6.07, 6.45) is 0.824. The Labute approximate surface area is 174 Å². The van der Waals surface area contributed by atoms with E-state index in [1.165, 1.54) is 0 Å². The van der Waals surface area contributed by atoms with Gasteiger partial charge >= 0.3 is 5.97 Å². The van der Waals surface area contributed by atoms with Crippen LogP contribution in [0.15, 0.2) is 42.5 Å². The zero-order chi connectivity index (χ0) is 21.6. The van der Waals surface area contributed by atoms with Gasteiger partial charge in [0, 0.05) is 26.1 Å². The van der Waals surface area contributed by atoms with Crippen LogP contribution in [0.3, 0.4) is 0 Å². The maximum absolute atomic E-state index is 13.0. The topological polar surface area (TPSA) is 76.7 Å². The largest absolute Gasteiger partial charge is 0.458 e. The lowest BCUT2D eigenvalue weighted by molar-refractivity contribution is -0.159. The Morgan fingerprint density at radius 3 is 2.45 bits per heavy atom. The lowest BCUT2D eigenvalue weighted by Gasteiger charge is -2.29. The van der Waals surface area contributed by atoms with E-state index in [4.69, 9.17) is 9.47 Å². The van der Waals surface area contributed by atoms with E-state index in [9.17, 15) is 9.59 Å². The quantitative estimate of drug-likeness (QED) is 0.516. The van der Waals surface area contributed by atoms with Crippen molar-refractivity contribution in [2.75, 3.05) is 13.7 Å². The second-order valence-corrected chi connectivity index (χ2v) is 8.71. The number of benzene rings is 1. The zero-order valence-electron chi connectivity index (χ0n) is 18.2. The highest BCUT2D eigenvalue weighted by molar-refractivity contribution is 5.86. The summed E-state index contributed by atoms with van der Waals surface area (Å²) in [6.45, 7) is 12.0. The first-order chi connectivity index (χ1) is 13.6. The molecule has 160 valence electrons. The maximum atomic E-state index is 13.0. The van der Waals surface area contributed by atoms with Crippen LogP contribution in [0.1, 0.15) is 39.7 Å². The summed E-state index contributed by atoms with van der Waals surface area (Å²) < 4.78 is 11.2. The summed E-state index contributed by atoms with van der Waals surface area (Å²) in [5.41, 5.74) is 1.42. The molecule has 1 aromatic rings. The van der Waals surface area contributed by atoms with E-state index in [0.29, 0.717) is 6.42 Å². The molecule has 0 aromatic heterocycles. The van der Waals surface area contributed by atoms with Gasteiger partial charge in [-0.25, -0.2) is 4.79 Å². The third-order valence-corrected chi connectivity index (χ3v) is 4.99. The Morgan fingerprint density at radius 1 is 1.28 bits per heavy atom. The number of carbonyl (C=O) groups is 2. The van der Waals surface area contributed by atoms with Crippen molar-refractivity contribution >= 4 is 11.9 Å². The highest BCUT2D eigenvalue weighted by atomic mass is 16.6. The first-order valence-electron chi connectivity index (χ1n) is 10.1. The summed E-state index contributed by atoms with van der Waals surface area (Å²) in [5, 5.41) is 6.24. The fourth-order valence-corrected chi connectivity index (χ4v) is 3.55. The molecule has 2 unspecified atom stereocenters. The van der Waals surface area contributed by atoms with Gasteiger partial charge in [0.25, 0.3) is 0 Å². The van der Waals surface area contributed by atoms with Gasteiger partial charge in [0.15, 0.2) is 0 Å². The number of amides is 1. The Balaban J connectivity index is 2.11. The van der Waals surface area contributed by atoms with Gasteiger partial charge in [-0.1, -0.05) is 49.4 Å². The van der Waals surface area contributed by atoms with Gasteiger partial charge in [0.1, 0.15) is 11.6 Å². The molecule has 29 heavy (non-hydrogen) atoms. The van der Waals surface area contributed by atoms with Crippen molar-refractivity contribution in [2.24, 2.45) is 5.92 Å². The van der Waals surface area contributed by atoms with Crippen molar-refractivity contribution in [1.29, 1.82) is 0 Å². The second kappa shape index (κ2) is 10.0. The summed E-state index contributed by atoms with van der Waals surface area (Å²) in [4.78, 5) is 25.8. The van der Waals surface area contributed by atoms with Crippen LogP contribution in [0.25, 0.3) is 0 Å². The molecule has 6 heteroatoms. The smallest absolute Gasteiger partial charge is 0.329 e. The average molecular weight is 403 g/mol. The van der Waals surface area contributed by atoms with Crippen LogP contribution in [-0.2, 0) is 25.5 Å². The van der Waals surface area contributed by atoms with E-state index >= 15 is 0 Å². The molecule has 1 saturated heterocycles. The number of carbonyl (C=O) groups excluding carboxylic acids is 2. The van der Waals surface area contributed by atoms with Crippen molar-refractivity contribution in [3.05, 3.63) is 48.0 Å². The summed E-state index contributed by atoms with van der Waals surface area (Å²) >= 11 is 0. The predicted molar refractivity (Wildman–Crippen MR) is 113 cm³/mol. The molecule has 0 saturated carbocycles.